The van der Waals surface area contributed by atoms with Crippen molar-refractivity contribution in [1.29, 1.82) is 0 Å². The molecule has 0 bridgehead atoms. The van der Waals surface area contributed by atoms with Crippen molar-refractivity contribution >= 4 is 27.8 Å². The molecule has 128 valence electrons. The highest BCUT2D eigenvalue weighted by molar-refractivity contribution is 7.98. The first-order valence-electron chi connectivity index (χ1n) is 7.36. The first-order valence-corrected chi connectivity index (χ1v) is 10.2. The Hall–Kier alpha value is -1.83. The summed E-state index contributed by atoms with van der Waals surface area (Å²) in [6, 6.07) is 15.6. The van der Waals surface area contributed by atoms with Gasteiger partial charge in [-0.2, -0.15) is 16.5 Å². The van der Waals surface area contributed by atoms with Crippen molar-refractivity contribution in [2.45, 2.75) is 17.4 Å². The van der Waals surface area contributed by atoms with Crippen LogP contribution in [0.1, 0.15) is 6.42 Å². The molecule has 0 aliphatic carbocycles. The van der Waals surface area contributed by atoms with Crippen LogP contribution in [0.2, 0.25) is 0 Å². The van der Waals surface area contributed by atoms with Crippen LogP contribution in [-0.4, -0.2) is 32.4 Å². The van der Waals surface area contributed by atoms with Crippen molar-refractivity contribution in [3.8, 4) is 5.75 Å². The lowest BCUT2D eigenvalue weighted by molar-refractivity contribution is -0.136. The van der Waals surface area contributed by atoms with Crippen molar-refractivity contribution in [3.05, 3.63) is 60.7 Å². The van der Waals surface area contributed by atoms with Crippen LogP contribution in [-0.2, 0) is 14.8 Å². The molecule has 5 nitrogen and oxygen atoms in total. The lowest BCUT2D eigenvalue weighted by Gasteiger charge is -2.17. The summed E-state index contributed by atoms with van der Waals surface area (Å²) in [5.74, 6) is 0.400. The third kappa shape index (κ3) is 5.36. The van der Waals surface area contributed by atoms with E-state index in [4.69, 9.17) is 4.74 Å². The highest BCUT2D eigenvalue weighted by Gasteiger charge is 2.27. The van der Waals surface area contributed by atoms with E-state index in [1.807, 2.05) is 6.26 Å². The average Bonchev–Trinajstić information content (AvgIpc) is 2.60. The summed E-state index contributed by atoms with van der Waals surface area (Å²) in [5.41, 5.74) is 0. The van der Waals surface area contributed by atoms with Gasteiger partial charge >= 0.3 is 5.97 Å². The molecule has 0 saturated heterocycles. The van der Waals surface area contributed by atoms with Gasteiger partial charge in [0.1, 0.15) is 11.8 Å². The monoisotopic (exact) mass is 365 g/mol. The Balaban J connectivity index is 2.14. The number of esters is 1. The number of rotatable bonds is 8. The highest BCUT2D eigenvalue weighted by Crippen LogP contribution is 2.14. The minimum Gasteiger partial charge on any atom is -0.425 e. The molecule has 2 rings (SSSR count). The van der Waals surface area contributed by atoms with Gasteiger partial charge in [-0.05, 0) is 42.7 Å². The van der Waals surface area contributed by atoms with Crippen molar-refractivity contribution < 1.29 is 17.9 Å². The van der Waals surface area contributed by atoms with Crippen LogP contribution >= 0.6 is 11.8 Å². The quantitative estimate of drug-likeness (QED) is 0.575. The van der Waals surface area contributed by atoms with Gasteiger partial charge in [0.15, 0.2) is 0 Å². The summed E-state index contributed by atoms with van der Waals surface area (Å²) >= 11 is 1.53. The van der Waals surface area contributed by atoms with Gasteiger partial charge in [-0.3, -0.25) is 0 Å². The van der Waals surface area contributed by atoms with Crippen molar-refractivity contribution in [3.63, 3.8) is 0 Å². The maximum absolute atomic E-state index is 12.4. The van der Waals surface area contributed by atoms with Gasteiger partial charge in [0.25, 0.3) is 0 Å². The Kier molecular flexibility index (Phi) is 6.84. The Bertz CT molecular complexity index is 749. The Morgan fingerprint density at radius 2 is 1.67 bits per heavy atom. The second-order valence-electron chi connectivity index (χ2n) is 5.00. The Morgan fingerprint density at radius 3 is 2.25 bits per heavy atom. The largest absolute Gasteiger partial charge is 0.425 e. The molecule has 0 fully saturated rings. The summed E-state index contributed by atoms with van der Waals surface area (Å²) in [7, 11) is -3.79. The molecule has 0 amide bonds. The van der Waals surface area contributed by atoms with Gasteiger partial charge in [0.2, 0.25) is 10.0 Å². The molecule has 1 N–H and O–H groups in total. The average molecular weight is 365 g/mol. The summed E-state index contributed by atoms with van der Waals surface area (Å²) in [5, 5.41) is 0. The van der Waals surface area contributed by atoms with Gasteiger partial charge in [-0.25, -0.2) is 13.2 Å². The standard InChI is InChI=1S/C17H19NO4S2/c1-23-13-12-16(17(19)22-14-8-4-2-5-9-14)18-24(20,21)15-10-6-3-7-11-15/h2-11,16,18H,12-13H2,1H3/t16-/m0/s1. The van der Waals surface area contributed by atoms with Gasteiger partial charge in [-0.1, -0.05) is 36.4 Å². The minimum atomic E-state index is -3.79. The number of hydrogen-bond donors (Lipinski definition) is 1. The second kappa shape index (κ2) is 8.86. The normalized spacial score (nSPS) is 12.5. The zero-order valence-corrected chi connectivity index (χ0v) is 14.8. The molecule has 0 radical (unpaired) electrons. The molecule has 24 heavy (non-hydrogen) atoms. The van der Waals surface area contributed by atoms with E-state index in [0.717, 1.165) is 0 Å². The number of ether oxygens (including phenoxy) is 1. The van der Waals surface area contributed by atoms with E-state index in [0.29, 0.717) is 17.9 Å². The maximum atomic E-state index is 12.4. The summed E-state index contributed by atoms with van der Waals surface area (Å²) in [6.45, 7) is 0. The number of thioether (sulfide) groups is 1. The summed E-state index contributed by atoms with van der Waals surface area (Å²) < 4.78 is 32.6. The van der Waals surface area contributed by atoms with Gasteiger partial charge < -0.3 is 4.74 Å². The fourth-order valence-electron chi connectivity index (χ4n) is 1.99. The second-order valence-corrected chi connectivity index (χ2v) is 7.70. The van der Waals surface area contributed by atoms with Gasteiger partial charge in [-0.15, -0.1) is 0 Å². The number of hydrogen-bond acceptors (Lipinski definition) is 5. The lowest BCUT2D eigenvalue weighted by atomic mass is 10.2. The molecule has 1 atom stereocenters. The predicted octanol–water partition coefficient (Wildman–Crippen LogP) is 2.69. The van der Waals surface area contributed by atoms with E-state index >= 15 is 0 Å². The summed E-state index contributed by atoms with van der Waals surface area (Å²) in [6.07, 6.45) is 2.24. The predicted molar refractivity (Wildman–Crippen MR) is 95.6 cm³/mol. The Labute approximate surface area is 146 Å². The molecule has 2 aromatic carbocycles. The lowest BCUT2D eigenvalue weighted by Crippen LogP contribution is -2.43. The SMILES string of the molecule is CSCC[C@H](NS(=O)(=O)c1ccccc1)C(=O)Oc1ccccc1. The molecular formula is C17H19NO4S2. The van der Waals surface area contributed by atoms with Crippen LogP contribution in [0.4, 0.5) is 0 Å². The molecule has 7 heteroatoms. The smallest absolute Gasteiger partial charge is 0.329 e. The first kappa shape index (κ1) is 18.5. The molecule has 0 aliphatic heterocycles. The number of sulfonamides is 1. The summed E-state index contributed by atoms with van der Waals surface area (Å²) in [4.78, 5) is 12.5. The van der Waals surface area contributed by atoms with Gasteiger partial charge in [0.05, 0.1) is 4.90 Å². The zero-order valence-electron chi connectivity index (χ0n) is 13.2. The number of nitrogens with one attached hydrogen (secondary N) is 1. The molecule has 0 spiro atoms. The fraction of sp³-hybridized carbons (Fsp3) is 0.235. The van der Waals surface area contributed by atoms with E-state index in [1.165, 1.54) is 23.9 Å². The third-order valence-electron chi connectivity index (χ3n) is 3.21. The molecule has 0 aliphatic rings. The number of benzene rings is 2. The van der Waals surface area contributed by atoms with E-state index in [1.54, 1.807) is 48.5 Å². The van der Waals surface area contributed by atoms with Crippen LogP contribution in [0.15, 0.2) is 65.6 Å². The molecule has 0 heterocycles. The number of carbonyl (C=O) groups is 1. The van der Waals surface area contributed by atoms with E-state index < -0.39 is 22.0 Å². The molecule has 2 aromatic rings. The van der Waals surface area contributed by atoms with Crippen molar-refractivity contribution in [1.82, 2.24) is 4.72 Å². The molecule has 0 saturated carbocycles. The highest BCUT2D eigenvalue weighted by atomic mass is 32.2. The van der Waals surface area contributed by atoms with Crippen molar-refractivity contribution in [2.24, 2.45) is 0 Å². The topological polar surface area (TPSA) is 72.5 Å². The molecule has 0 aromatic heterocycles. The first-order chi connectivity index (χ1) is 11.5. The number of carbonyl (C=O) groups excluding carboxylic acids is 1. The van der Waals surface area contributed by atoms with E-state index in [2.05, 4.69) is 4.72 Å². The zero-order chi connectivity index (χ0) is 17.4. The van der Waals surface area contributed by atoms with Crippen molar-refractivity contribution in [2.75, 3.05) is 12.0 Å². The van der Waals surface area contributed by atoms with E-state index in [9.17, 15) is 13.2 Å². The van der Waals surface area contributed by atoms with Crippen LogP contribution in [0.5, 0.6) is 5.75 Å². The minimum absolute atomic E-state index is 0.117. The molecular weight excluding hydrogens is 346 g/mol. The van der Waals surface area contributed by atoms with Crippen LogP contribution in [0.3, 0.4) is 0 Å². The van der Waals surface area contributed by atoms with Gasteiger partial charge in [0, 0.05) is 0 Å². The van der Waals surface area contributed by atoms with Crippen LogP contribution in [0.25, 0.3) is 0 Å². The van der Waals surface area contributed by atoms with Crippen LogP contribution < -0.4 is 9.46 Å². The third-order valence-corrected chi connectivity index (χ3v) is 5.34. The fourth-order valence-corrected chi connectivity index (χ4v) is 3.70. The maximum Gasteiger partial charge on any atom is 0.329 e. The Morgan fingerprint density at radius 1 is 1.08 bits per heavy atom. The van der Waals surface area contributed by atoms with Crippen LogP contribution in [0, 0.1) is 0 Å². The number of para-hydroxylation sites is 1. The molecule has 0 unspecified atom stereocenters. The van der Waals surface area contributed by atoms with E-state index in [-0.39, 0.29) is 4.90 Å².